The fraction of sp³-hybridized carbons (Fsp3) is 0. The zero-order valence-corrected chi connectivity index (χ0v) is 13.1. The Labute approximate surface area is 133 Å². The van der Waals surface area contributed by atoms with Gasteiger partial charge in [-0.3, -0.25) is 4.98 Å². The number of benzene rings is 2. The summed E-state index contributed by atoms with van der Waals surface area (Å²) in [4.78, 5) is 20.8. The smallest absolute Gasteiger partial charge is 0.336 e. The Bertz CT molecular complexity index is 839. The maximum Gasteiger partial charge on any atom is 0.336 e. The van der Waals surface area contributed by atoms with Crippen molar-refractivity contribution in [2.24, 2.45) is 0 Å². The monoisotopic (exact) mass is 360 g/mol. The Kier molecular flexibility index (Phi) is 3.90. The van der Waals surface area contributed by atoms with Crippen LogP contribution in [0.3, 0.4) is 0 Å². The first kappa shape index (κ1) is 14.0. The number of aromatic carboxylic acids is 1. The Morgan fingerprint density at radius 3 is 2.67 bits per heavy atom. The number of carbonyl (C=O) groups is 1. The van der Waals surface area contributed by atoms with Crippen LogP contribution in [0.2, 0.25) is 0 Å². The summed E-state index contributed by atoms with van der Waals surface area (Å²) >= 11 is 4.62. The van der Waals surface area contributed by atoms with Crippen LogP contribution in [-0.2, 0) is 0 Å². The lowest BCUT2D eigenvalue weighted by molar-refractivity contribution is 0.0695. The summed E-state index contributed by atoms with van der Waals surface area (Å²) in [6.07, 6.45) is 1.69. The minimum Gasteiger partial charge on any atom is -0.478 e. The molecular formula is C15H9BrN2O2S. The minimum absolute atomic E-state index is 0.230. The molecule has 0 saturated carbocycles. The fourth-order valence-electron chi connectivity index (χ4n) is 1.84. The second-order valence-corrected chi connectivity index (χ2v) is 6.19. The zero-order chi connectivity index (χ0) is 14.8. The van der Waals surface area contributed by atoms with Gasteiger partial charge in [0.25, 0.3) is 0 Å². The van der Waals surface area contributed by atoms with E-state index in [-0.39, 0.29) is 5.56 Å². The van der Waals surface area contributed by atoms with Crippen molar-refractivity contribution in [3.63, 3.8) is 0 Å². The molecule has 0 saturated heterocycles. The first-order valence-electron chi connectivity index (χ1n) is 6.06. The molecule has 3 rings (SSSR count). The largest absolute Gasteiger partial charge is 0.478 e. The molecule has 0 radical (unpaired) electrons. The highest BCUT2D eigenvalue weighted by Crippen LogP contribution is 2.30. The molecule has 104 valence electrons. The molecule has 0 spiro atoms. The molecule has 0 aliphatic heterocycles. The number of carboxylic acid groups (broad SMARTS) is 1. The van der Waals surface area contributed by atoms with Crippen molar-refractivity contribution in [2.45, 2.75) is 9.92 Å². The normalized spacial score (nSPS) is 10.7. The van der Waals surface area contributed by atoms with Crippen molar-refractivity contribution in [3.8, 4) is 0 Å². The summed E-state index contributed by atoms with van der Waals surface area (Å²) < 4.78 is 0.559. The van der Waals surface area contributed by atoms with Crippen LogP contribution < -0.4 is 0 Å². The van der Waals surface area contributed by atoms with Gasteiger partial charge in [-0.05, 0) is 46.3 Å². The number of rotatable bonds is 3. The van der Waals surface area contributed by atoms with Crippen molar-refractivity contribution in [1.82, 2.24) is 9.97 Å². The zero-order valence-electron chi connectivity index (χ0n) is 10.7. The van der Waals surface area contributed by atoms with Gasteiger partial charge in [-0.15, -0.1) is 0 Å². The van der Waals surface area contributed by atoms with E-state index in [1.54, 1.807) is 18.3 Å². The SMILES string of the molecule is O=C(O)c1cc(Sc2cnc3ccccc3n2)ccc1Br. The summed E-state index contributed by atoms with van der Waals surface area (Å²) in [5.41, 5.74) is 1.88. The molecule has 0 unspecified atom stereocenters. The number of aromatic nitrogens is 2. The highest BCUT2D eigenvalue weighted by Gasteiger charge is 2.10. The number of halogens is 1. The average molecular weight is 361 g/mol. The van der Waals surface area contributed by atoms with Crippen molar-refractivity contribution < 1.29 is 9.90 Å². The molecule has 1 aromatic heterocycles. The molecule has 1 N–H and O–H groups in total. The molecule has 21 heavy (non-hydrogen) atoms. The molecule has 0 aliphatic rings. The quantitative estimate of drug-likeness (QED) is 0.756. The van der Waals surface area contributed by atoms with Crippen molar-refractivity contribution in [1.29, 1.82) is 0 Å². The van der Waals surface area contributed by atoms with E-state index >= 15 is 0 Å². The van der Waals surface area contributed by atoms with E-state index in [0.717, 1.165) is 21.0 Å². The van der Waals surface area contributed by atoms with E-state index in [2.05, 4.69) is 25.9 Å². The van der Waals surface area contributed by atoms with Crippen LogP contribution in [-0.4, -0.2) is 21.0 Å². The van der Waals surface area contributed by atoms with Gasteiger partial charge in [0.1, 0.15) is 5.03 Å². The van der Waals surface area contributed by atoms with Crippen LogP contribution in [0.25, 0.3) is 11.0 Å². The summed E-state index contributed by atoms with van der Waals surface area (Å²) in [5.74, 6) is -0.964. The first-order valence-corrected chi connectivity index (χ1v) is 7.67. The molecule has 0 amide bonds. The van der Waals surface area contributed by atoms with Gasteiger partial charge in [0.05, 0.1) is 22.8 Å². The van der Waals surface area contributed by atoms with Crippen LogP contribution in [0.1, 0.15) is 10.4 Å². The predicted octanol–water partition coefficient (Wildman–Crippen LogP) is 4.24. The number of carboxylic acids is 1. The molecule has 2 aromatic carbocycles. The van der Waals surface area contributed by atoms with Crippen LogP contribution in [0, 0.1) is 0 Å². The van der Waals surface area contributed by atoms with Crippen LogP contribution >= 0.6 is 27.7 Å². The number of nitrogens with zero attached hydrogens (tertiary/aromatic N) is 2. The van der Waals surface area contributed by atoms with E-state index in [4.69, 9.17) is 5.11 Å². The van der Waals surface area contributed by atoms with Crippen molar-refractivity contribution in [2.75, 3.05) is 0 Å². The summed E-state index contributed by atoms with van der Waals surface area (Å²) in [6, 6.07) is 12.8. The summed E-state index contributed by atoms with van der Waals surface area (Å²) in [7, 11) is 0. The van der Waals surface area contributed by atoms with Crippen molar-refractivity contribution in [3.05, 3.63) is 58.7 Å². The molecule has 0 fully saturated rings. The van der Waals surface area contributed by atoms with Crippen LogP contribution in [0.4, 0.5) is 0 Å². The van der Waals surface area contributed by atoms with Gasteiger partial charge < -0.3 is 5.11 Å². The fourth-order valence-corrected chi connectivity index (χ4v) is 3.06. The molecule has 6 heteroatoms. The van der Waals surface area contributed by atoms with Gasteiger partial charge in [0.15, 0.2) is 0 Å². The Morgan fingerprint density at radius 1 is 1.14 bits per heavy atom. The average Bonchev–Trinajstić information content (AvgIpc) is 2.49. The third kappa shape index (κ3) is 3.06. The van der Waals surface area contributed by atoms with Gasteiger partial charge in [0.2, 0.25) is 0 Å². The maximum absolute atomic E-state index is 11.1. The summed E-state index contributed by atoms with van der Waals surface area (Å²) in [6.45, 7) is 0. The lowest BCUT2D eigenvalue weighted by Crippen LogP contribution is -1.97. The van der Waals surface area contributed by atoms with Gasteiger partial charge in [-0.1, -0.05) is 23.9 Å². The molecule has 0 aliphatic carbocycles. The van der Waals surface area contributed by atoms with Gasteiger partial charge in [-0.2, -0.15) is 0 Å². The predicted molar refractivity (Wildman–Crippen MR) is 84.8 cm³/mol. The van der Waals surface area contributed by atoms with Crippen molar-refractivity contribution >= 4 is 44.7 Å². The van der Waals surface area contributed by atoms with E-state index in [1.807, 2.05) is 30.3 Å². The lowest BCUT2D eigenvalue weighted by Gasteiger charge is -2.05. The topological polar surface area (TPSA) is 63.1 Å². The maximum atomic E-state index is 11.1. The Balaban J connectivity index is 1.94. The van der Waals surface area contributed by atoms with Gasteiger partial charge >= 0.3 is 5.97 Å². The standard InChI is InChI=1S/C15H9BrN2O2S/c16-11-6-5-9(7-10(11)15(19)20)21-14-8-17-12-3-1-2-4-13(12)18-14/h1-8H,(H,19,20). The van der Waals surface area contributed by atoms with E-state index < -0.39 is 5.97 Å². The van der Waals surface area contributed by atoms with E-state index in [1.165, 1.54) is 11.8 Å². The van der Waals surface area contributed by atoms with Crippen LogP contribution in [0.5, 0.6) is 0 Å². The number of fused-ring (bicyclic) bond motifs is 1. The molecule has 0 bridgehead atoms. The molecule has 0 atom stereocenters. The lowest BCUT2D eigenvalue weighted by atomic mass is 10.2. The Morgan fingerprint density at radius 2 is 1.90 bits per heavy atom. The number of hydrogen-bond donors (Lipinski definition) is 1. The van der Waals surface area contributed by atoms with E-state index in [9.17, 15) is 4.79 Å². The highest BCUT2D eigenvalue weighted by molar-refractivity contribution is 9.10. The second kappa shape index (κ2) is 5.83. The second-order valence-electron chi connectivity index (χ2n) is 4.25. The van der Waals surface area contributed by atoms with Gasteiger partial charge in [-0.25, -0.2) is 9.78 Å². The van der Waals surface area contributed by atoms with E-state index in [0.29, 0.717) is 4.47 Å². The Hall–Kier alpha value is -1.92. The molecular weight excluding hydrogens is 352 g/mol. The van der Waals surface area contributed by atoms with Gasteiger partial charge in [0, 0.05) is 9.37 Å². The highest BCUT2D eigenvalue weighted by atomic mass is 79.9. The molecule has 3 aromatic rings. The van der Waals surface area contributed by atoms with Crippen LogP contribution in [0.15, 0.2) is 63.1 Å². The first-order chi connectivity index (χ1) is 10.1. The third-order valence-corrected chi connectivity index (χ3v) is 4.40. The summed E-state index contributed by atoms with van der Waals surface area (Å²) in [5, 5.41) is 9.86. The molecule has 4 nitrogen and oxygen atoms in total. The number of hydrogen-bond acceptors (Lipinski definition) is 4. The third-order valence-electron chi connectivity index (χ3n) is 2.82. The minimum atomic E-state index is -0.964. The molecule has 1 heterocycles. The number of para-hydroxylation sites is 2.